The van der Waals surface area contributed by atoms with E-state index in [1.54, 1.807) is 30.3 Å². The van der Waals surface area contributed by atoms with Crippen molar-refractivity contribution in [2.75, 3.05) is 41.0 Å². The van der Waals surface area contributed by atoms with Crippen LogP contribution in [0.1, 0.15) is 33.5 Å². The average Bonchev–Trinajstić information content (AvgIpc) is 3.11. The van der Waals surface area contributed by atoms with E-state index in [2.05, 4.69) is 5.32 Å². The lowest BCUT2D eigenvalue weighted by atomic mass is 9.87. The Morgan fingerprint density at radius 2 is 1.68 bits per heavy atom. The Balaban J connectivity index is 1.79. The Hall–Kier alpha value is -4.06. The third-order valence-electron chi connectivity index (χ3n) is 8.17. The van der Waals surface area contributed by atoms with Crippen LogP contribution in [0.4, 0.5) is 13.2 Å². The molecule has 11 nitrogen and oxygen atoms in total. The van der Waals surface area contributed by atoms with E-state index in [0.29, 0.717) is 26.2 Å². The van der Waals surface area contributed by atoms with E-state index in [1.165, 1.54) is 32.3 Å². The van der Waals surface area contributed by atoms with Crippen LogP contribution in [0.15, 0.2) is 66.2 Å². The van der Waals surface area contributed by atoms with Gasteiger partial charge >= 0.3 is 6.18 Å². The van der Waals surface area contributed by atoms with Gasteiger partial charge in [-0.2, -0.15) is 13.2 Å². The lowest BCUT2D eigenvalue weighted by Crippen LogP contribution is -2.55. The number of amides is 2. The van der Waals surface area contributed by atoms with Crippen molar-refractivity contribution in [1.82, 2.24) is 10.2 Å². The summed E-state index contributed by atoms with van der Waals surface area (Å²) in [4.78, 5) is 28.8. The molecule has 50 heavy (non-hydrogen) atoms. The molecule has 0 fully saturated rings. The molecule has 0 aliphatic heterocycles. The van der Waals surface area contributed by atoms with E-state index in [0.717, 1.165) is 24.3 Å². The fourth-order valence-corrected chi connectivity index (χ4v) is 6.39. The zero-order valence-corrected chi connectivity index (χ0v) is 29.7. The van der Waals surface area contributed by atoms with E-state index in [-0.39, 0.29) is 61.8 Å². The third kappa shape index (κ3) is 9.18. The quantitative estimate of drug-likeness (QED) is 0.177. The molecule has 3 aromatic rings. The summed E-state index contributed by atoms with van der Waals surface area (Å²) in [6.45, 7) is -0.726. The molecular weight excluding hydrogens is 776 g/mol. The highest BCUT2D eigenvalue weighted by atomic mass is 127. The van der Waals surface area contributed by atoms with Crippen LogP contribution >= 0.6 is 22.6 Å². The first-order valence-electron chi connectivity index (χ1n) is 15.5. The van der Waals surface area contributed by atoms with Crippen LogP contribution < -0.4 is 24.3 Å². The highest BCUT2D eigenvalue weighted by molar-refractivity contribution is 14.1. The van der Waals surface area contributed by atoms with E-state index in [9.17, 15) is 38.1 Å². The molecule has 0 bridgehead atoms. The van der Waals surface area contributed by atoms with Crippen LogP contribution in [-0.2, 0) is 24.0 Å². The summed E-state index contributed by atoms with van der Waals surface area (Å²) in [5, 5.41) is 33.5. The summed E-state index contributed by atoms with van der Waals surface area (Å²) in [5.41, 5.74) is 0.326. The van der Waals surface area contributed by atoms with E-state index < -0.39 is 41.8 Å². The Morgan fingerprint density at radius 1 is 0.980 bits per heavy atom. The maximum absolute atomic E-state index is 14.2. The summed E-state index contributed by atoms with van der Waals surface area (Å²) >= 11 is 1.98. The standard InChI is InChI=1S/C35H38F3IN2O9/c1-47-25-8-9-28(48-2)22(16-25)10-12-41(34(46)21-4-6-24(7-5-21)35(36,37)38)27-17-23(33(45)40-11-13-42)18-29(31(27)44)50-32-26(39)14-20(19-43)15-30(32)49-3/h4-9,14-16,18,27,29,31,42-44H,10-13,17,19H2,1-3H3,(H,40,45)/t27-,29+,31+/m1/s1. The number of nitrogens with one attached hydrogen (secondary N) is 1. The Labute approximate surface area is 300 Å². The first-order chi connectivity index (χ1) is 23.8. The fourth-order valence-electron chi connectivity index (χ4n) is 5.60. The molecule has 0 saturated heterocycles. The van der Waals surface area contributed by atoms with Gasteiger partial charge in [0.1, 0.15) is 23.7 Å². The molecule has 4 rings (SSSR count). The number of nitrogens with zero attached hydrogens (tertiary/aromatic N) is 1. The van der Waals surface area contributed by atoms with E-state index in [1.807, 2.05) is 22.6 Å². The third-order valence-corrected chi connectivity index (χ3v) is 8.97. The van der Waals surface area contributed by atoms with Gasteiger partial charge in [0.2, 0.25) is 5.91 Å². The molecule has 0 saturated carbocycles. The summed E-state index contributed by atoms with van der Waals surface area (Å²) < 4.78 is 63.3. The maximum atomic E-state index is 14.2. The molecule has 4 N–H and O–H groups in total. The van der Waals surface area contributed by atoms with Crippen LogP contribution in [0.3, 0.4) is 0 Å². The summed E-state index contributed by atoms with van der Waals surface area (Å²) in [6, 6.07) is 10.9. The number of ether oxygens (including phenoxy) is 4. The summed E-state index contributed by atoms with van der Waals surface area (Å²) in [7, 11) is 4.38. The first-order valence-corrected chi connectivity index (χ1v) is 16.5. The maximum Gasteiger partial charge on any atom is 0.416 e. The minimum Gasteiger partial charge on any atom is -0.497 e. The second-order valence-corrected chi connectivity index (χ2v) is 12.4. The number of rotatable bonds is 14. The van der Waals surface area contributed by atoms with Crippen molar-refractivity contribution in [3.8, 4) is 23.0 Å². The molecule has 3 aromatic carbocycles. The molecule has 0 unspecified atom stereocenters. The number of halogens is 4. The predicted octanol–water partition coefficient (Wildman–Crippen LogP) is 4.13. The van der Waals surface area contributed by atoms with E-state index >= 15 is 0 Å². The number of alkyl halides is 3. The largest absolute Gasteiger partial charge is 0.497 e. The lowest BCUT2D eigenvalue weighted by molar-refractivity contribution is -0.137. The SMILES string of the molecule is COc1ccc(OC)c(CCN(C(=O)c2ccc(C(F)(F)F)cc2)[C@@H]2CC(C(=O)NCCO)=C[C@H](Oc3c(I)cc(CO)cc3OC)[C@H]2O)c1. The molecule has 1 aliphatic carbocycles. The van der Waals surface area contributed by atoms with Gasteiger partial charge in [-0.25, -0.2) is 0 Å². The number of carbonyl (C=O) groups is 2. The Morgan fingerprint density at radius 3 is 2.28 bits per heavy atom. The molecule has 0 radical (unpaired) electrons. The molecule has 270 valence electrons. The van der Waals surface area contributed by atoms with E-state index in [4.69, 9.17) is 18.9 Å². The number of aliphatic hydroxyl groups excluding tert-OH is 3. The van der Waals surface area contributed by atoms with Gasteiger partial charge in [0, 0.05) is 30.6 Å². The van der Waals surface area contributed by atoms with Crippen molar-refractivity contribution in [2.45, 2.75) is 43.9 Å². The van der Waals surface area contributed by atoms with Gasteiger partial charge in [-0.3, -0.25) is 9.59 Å². The minimum atomic E-state index is -4.62. The number of hydrogen-bond acceptors (Lipinski definition) is 9. The number of benzene rings is 3. The number of aliphatic hydroxyl groups is 3. The minimum absolute atomic E-state index is 0.0601. The zero-order chi connectivity index (χ0) is 36.6. The summed E-state index contributed by atoms with van der Waals surface area (Å²) in [5.74, 6) is 0.211. The van der Waals surface area contributed by atoms with Crippen molar-refractivity contribution >= 4 is 34.4 Å². The van der Waals surface area contributed by atoms with Crippen molar-refractivity contribution in [1.29, 1.82) is 0 Å². The molecule has 15 heteroatoms. The second kappa shape index (κ2) is 17.2. The second-order valence-electron chi connectivity index (χ2n) is 11.3. The number of methoxy groups -OCH3 is 3. The lowest BCUT2D eigenvalue weighted by Gasteiger charge is -2.41. The smallest absolute Gasteiger partial charge is 0.416 e. The molecule has 1 aliphatic rings. The Bertz CT molecular complexity index is 1690. The highest BCUT2D eigenvalue weighted by Gasteiger charge is 2.41. The van der Waals surface area contributed by atoms with Gasteiger partial charge in [-0.15, -0.1) is 0 Å². The number of carbonyl (C=O) groups excluding carboxylic acids is 2. The average molecular weight is 815 g/mol. The van der Waals surface area contributed by atoms with Gasteiger partial charge in [-0.05, 0) is 101 Å². The Kier molecular flexibility index (Phi) is 13.4. The molecule has 0 heterocycles. The van der Waals surface area contributed by atoms with Crippen molar-refractivity contribution < 1.29 is 57.0 Å². The zero-order valence-electron chi connectivity index (χ0n) is 27.5. The van der Waals surface area contributed by atoms with Crippen molar-refractivity contribution in [3.05, 3.63) is 92.1 Å². The van der Waals surface area contributed by atoms with Gasteiger partial charge in [0.05, 0.1) is 49.7 Å². The predicted molar refractivity (Wildman–Crippen MR) is 184 cm³/mol. The molecular formula is C35H38F3IN2O9. The highest BCUT2D eigenvalue weighted by Crippen LogP contribution is 2.38. The van der Waals surface area contributed by atoms with Gasteiger partial charge in [0.25, 0.3) is 5.91 Å². The first kappa shape index (κ1) is 38.7. The van der Waals surface area contributed by atoms with Crippen LogP contribution in [0.5, 0.6) is 23.0 Å². The monoisotopic (exact) mass is 814 g/mol. The van der Waals surface area contributed by atoms with Crippen LogP contribution in [0, 0.1) is 3.57 Å². The number of hydrogen-bond donors (Lipinski definition) is 4. The van der Waals surface area contributed by atoms with Crippen molar-refractivity contribution in [3.63, 3.8) is 0 Å². The molecule has 2 amide bonds. The van der Waals surface area contributed by atoms with Crippen LogP contribution in [0.25, 0.3) is 0 Å². The molecule has 0 spiro atoms. The molecule has 0 aromatic heterocycles. The van der Waals surface area contributed by atoms with Gasteiger partial charge in [-0.1, -0.05) is 0 Å². The van der Waals surface area contributed by atoms with Gasteiger partial charge in [0.15, 0.2) is 11.5 Å². The normalized spacial score (nSPS) is 17.4. The van der Waals surface area contributed by atoms with Crippen molar-refractivity contribution in [2.24, 2.45) is 0 Å². The van der Waals surface area contributed by atoms with Crippen LogP contribution in [0.2, 0.25) is 0 Å². The van der Waals surface area contributed by atoms with Gasteiger partial charge < -0.3 is 44.5 Å². The fraction of sp³-hybridized carbons (Fsp3) is 0.371. The summed E-state index contributed by atoms with van der Waals surface area (Å²) in [6.07, 6.45) is -5.85. The molecule has 3 atom stereocenters. The van der Waals surface area contributed by atoms with Crippen LogP contribution in [-0.4, -0.2) is 91.3 Å². The topological polar surface area (TPSA) is 147 Å².